The number of hydrogen-bond acceptors (Lipinski definition) is 3. The number of esters is 1. The molecular formula is C21H22O3. The van der Waals surface area contributed by atoms with Crippen molar-refractivity contribution < 1.29 is 14.3 Å². The molecule has 0 unspecified atom stereocenters. The van der Waals surface area contributed by atoms with Crippen molar-refractivity contribution in [1.29, 1.82) is 0 Å². The van der Waals surface area contributed by atoms with E-state index in [0.29, 0.717) is 6.61 Å². The zero-order valence-electron chi connectivity index (χ0n) is 14.2. The topological polar surface area (TPSA) is 43.4 Å². The molecule has 0 atom stereocenters. The first-order valence-corrected chi connectivity index (χ1v) is 8.51. The van der Waals surface area contributed by atoms with Crippen molar-refractivity contribution in [2.45, 2.75) is 39.5 Å². The van der Waals surface area contributed by atoms with E-state index in [1.165, 1.54) is 5.56 Å². The minimum atomic E-state index is -0.307. The van der Waals surface area contributed by atoms with Gasteiger partial charge in [0.15, 0.2) is 5.78 Å². The number of hydrogen-bond donors (Lipinski definition) is 0. The van der Waals surface area contributed by atoms with Crippen LogP contribution in [0.2, 0.25) is 0 Å². The largest absolute Gasteiger partial charge is 0.466 e. The number of carbonyl (C=O) groups is 2. The average Bonchev–Trinajstić information content (AvgIpc) is 2.59. The molecule has 0 saturated heterocycles. The number of aryl methyl sites for hydroxylation is 1. The van der Waals surface area contributed by atoms with Gasteiger partial charge in [-0.3, -0.25) is 9.59 Å². The molecule has 0 N–H and O–H groups in total. The number of Topliss-reactive ketones (excluding diaryl/α,β-unsaturated/α-hetero) is 1. The fourth-order valence-corrected chi connectivity index (χ4v) is 3.43. The van der Waals surface area contributed by atoms with Gasteiger partial charge in [0.2, 0.25) is 0 Å². The Kier molecular flexibility index (Phi) is 4.79. The van der Waals surface area contributed by atoms with Gasteiger partial charge in [-0.05, 0) is 48.6 Å². The van der Waals surface area contributed by atoms with E-state index in [9.17, 15) is 9.59 Å². The van der Waals surface area contributed by atoms with Crippen molar-refractivity contribution in [1.82, 2.24) is 0 Å². The van der Waals surface area contributed by atoms with Gasteiger partial charge < -0.3 is 4.74 Å². The third-order valence-electron chi connectivity index (χ3n) is 4.60. The first-order valence-electron chi connectivity index (χ1n) is 8.51. The van der Waals surface area contributed by atoms with E-state index in [1.807, 2.05) is 19.1 Å². The Labute approximate surface area is 142 Å². The van der Waals surface area contributed by atoms with Gasteiger partial charge in [-0.15, -0.1) is 0 Å². The Morgan fingerprint density at radius 1 is 1.04 bits per heavy atom. The fourth-order valence-electron chi connectivity index (χ4n) is 3.43. The minimum Gasteiger partial charge on any atom is -0.466 e. The molecule has 0 saturated carbocycles. The van der Waals surface area contributed by atoms with Gasteiger partial charge in [-0.25, -0.2) is 0 Å². The number of ether oxygens (including phenoxy) is 1. The SMILES string of the molecule is CCOC(=O)CCC(=O)C1=C(C)CCc2ccc3ccccc3c21. The van der Waals surface area contributed by atoms with Crippen molar-refractivity contribution in [2.75, 3.05) is 6.61 Å². The maximum absolute atomic E-state index is 12.9. The Balaban J connectivity index is 1.98. The summed E-state index contributed by atoms with van der Waals surface area (Å²) in [6.45, 7) is 4.15. The normalized spacial score (nSPS) is 13.8. The van der Waals surface area contributed by atoms with Gasteiger partial charge in [-0.2, -0.15) is 0 Å². The van der Waals surface area contributed by atoms with Crippen LogP contribution in [0.3, 0.4) is 0 Å². The van der Waals surface area contributed by atoms with Crippen LogP contribution in [0.15, 0.2) is 42.0 Å². The van der Waals surface area contributed by atoms with Crippen LogP contribution in [0.25, 0.3) is 16.3 Å². The minimum absolute atomic E-state index is 0.0397. The summed E-state index contributed by atoms with van der Waals surface area (Å²) in [6.07, 6.45) is 2.20. The maximum atomic E-state index is 12.9. The number of rotatable bonds is 5. The number of benzene rings is 2. The zero-order valence-corrected chi connectivity index (χ0v) is 14.2. The molecule has 124 valence electrons. The van der Waals surface area contributed by atoms with Crippen LogP contribution in [-0.4, -0.2) is 18.4 Å². The summed E-state index contributed by atoms with van der Waals surface area (Å²) >= 11 is 0. The van der Waals surface area contributed by atoms with Gasteiger partial charge in [0, 0.05) is 12.0 Å². The Morgan fingerprint density at radius 3 is 2.62 bits per heavy atom. The third kappa shape index (κ3) is 3.12. The predicted molar refractivity (Wildman–Crippen MR) is 95.7 cm³/mol. The third-order valence-corrected chi connectivity index (χ3v) is 4.60. The van der Waals surface area contributed by atoms with Crippen LogP contribution in [0.5, 0.6) is 0 Å². The first-order chi connectivity index (χ1) is 11.6. The summed E-state index contributed by atoms with van der Waals surface area (Å²) in [7, 11) is 0. The summed E-state index contributed by atoms with van der Waals surface area (Å²) in [5.74, 6) is -0.268. The van der Waals surface area contributed by atoms with Gasteiger partial charge in [-0.1, -0.05) is 42.0 Å². The Morgan fingerprint density at radius 2 is 1.83 bits per heavy atom. The molecule has 0 aromatic heterocycles. The second-order valence-electron chi connectivity index (χ2n) is 6.20. The average molecular weight is 322 g/mol. The first kappa shape index (κ1) is 16.4. The molecule has 0 bridgehead atoms. The summed E-state index contributed by atoms with van der Waals surface area (Å²) in [5.41, 5.74) is 4.20. The highest BCUT2D eigenvalue weighted by Gasteiger charge is 2.24. The van der Waals surface area contributed by atoms with Crippen LogP contribution in [0, 0.1) is 0 Å². The Bertz CT molecular complexity index is 830. The van der Waals surface area contributed by atoms with Crippen molar-refractivity contribution >= 4 is 28.1 Å². The molecule has 2 aromatic carbocycles. The van der Waals surface area contributed by atoms with E-state index in [0.717, 1.165) is 40.3 Å². The lowest BCUT2D eigenvalue weighted by Crippen LogP contribution is -2.14. The molecule has 1 aliphatic carbocycles. The van der Waals surface area contributed by atoms with Crippen molar-refractivity contribution in [3.8, 4) is 0 Å². The van der Waals surface area contributed by atoms with Gasteiger partial charge in [0.05, 0.1) is 13.0 Å². The predicted octanol–water partition coefficient (Wildman–Crippen LogP) is 4.47. The molecule has 0 heterocycles. The molecule has 1 aliphatic rings. The van der Waals surface area contributed by atoms with Crippen LogP contribution in [-0.2, 0) is 20.7 Å². The second kappa shape index (κ2) is 7.00. The highest BCUT2D eigenvalue weighted by molar-refractivity contribution is 6.25. The summed E-state index contributed by atoms with van der Waals surface area (Å²) in [5, 5.41) is 2.26. The number of carbonyl (C=O) groups excluding carboxylic acids is 2. The summed E-state index contributed by atoms with van der Waals surface area (Å²) in [6, 6.07) is 12.4. The van der Waals surface area contributed by atoms with Crippen molar-refractivity contribution in [2.24, 2.45) is 0 Å². The molecule has 0 amide bonds. The lowest BCUT2D eigenvalue weighted by molar-refractivity contribution is -0.144. The fraction of sp³-hybridized carbons (Fsp3) is 0.333. The van der Waals surface area contributed by atoms with Gasteiger partial charge >= 0.3 is 5.97 Å². The molecule has 0 aliphatic heterocycles. The number of ketones is 1. The highest BCUT2D eigenvalue weighted by Crippen LogP contribution is 2.37. The molecule has 3 heteroatoms. The summed E-state index contributed by atoms with van der Waals surface area (Å²) < 4.78 is 4.94. The number of fused-ring (bicyclic) bond motifs is 3. The number of allylic oxidation sites excluding steroid dienone is 2. The standard InChI is InChI=1S/C21H22O3/c1-3-24-19(23)13-12-18(22)20-14(2)8-9-16-11-10-15-6-4-5-7-17(15)21(16)20/h4-7,10-11H,3,8-9,12-13H2,1-2H3. The molecule has 3 nitrogen and oxygen atoms in total. The lowest BCUT2D eigenvalue weighted by Gasteiger charge is -2.23. The van der Waals surface area contributed by atoms with Crippen molar-refractivity contribution in [3.63, 3.8) is 0 Å². The molecule has 0 fully saturated rings. The molecule has 2 aromatic rings. The molecule has 0 spiro atoms. The molecular weight excluding hydrogens is 300 g/mol. The second-order valence-corrected chi connectivity index (χ2v) is 6.20. The maximum Gasteiger partial charge on any atom is 0.306 e. The van der Waals surface area contributed by atoms with E-state index in [4.69, 9.17) is 4.74 Å². The van der Waals surface area contributed by atoms with Crippen LogP contribution in [0.1, 0.15) is 44.2 Å². The molecule has 0 radical (unpaired) electrons. The lowest BCUT2D eigenvalue weighted by atomic mass is 9.80. The van der Waals surface area contributed by atoms with Crippen LogP contribution in [0.4, 0.5) is 0 Å². The zero-order chi connectivity index (χ0) is 17.1. The van der Waals surface area contributed by atoms with Gasteiger partial charge in [0.1, 0.15) is 0 Å². The van der Waals surface area contributed by atoms with Crippen LogP contribution >= 0.6 is 0 Å². The van der Waals surface area contributed by atoms with Crippen molar-refractivity contribution in [3.05, 3.63) is 53.1 Å². The van der Waals surface area contributed by atoms with E-state index >= 15 is 0 Å². The van der Waals surface area contributed by atoms with E-state index < -0.39 is 0 Å². The van der Waals surface area contributed by atoms with Gasteiger partial charge in [0.25, 0.3) is 0 Å². The molecule has 24 heavy (non-hydrogen) atoms. The van der Waals surface area contributed by atoms with Crippen LogP contribution < -0.4 is 0 Å². The Hall–Kier alpha value is -2.42. The quantitative estimate of drug-likeness (QED) is 0.763. The highest BCUT2D eigenvalue weighted by atomic mass is 16.5. The molecule has 3 rings (SSSR count). The van der Waals surface area contributed by atoms with E-state index in [1.54, 1.807) is 6.92 Å². The van der Waals surface area contributed by atoms with E-state index in [2.05, 4.69) is 24.3 Å². The smallest absolute Gasteiger partial charge is 0.306 e. The summed E-state index contributed by atoms with van der Waals surface area (Å²) in [4.78, 5) is 24.4. The van der Waals surface area contributed by atoms with E-state index in [-0.39, 0.29) is 24.6 Å². The monoisotopic (exact) mass is 322 g/mol.